The summed E-state index contributed by atoms with van der Waals surface area (Å²) < 4.78 is 10.5. The zero-order valence-electron chi connectivity index (χ0n) is 18.9. The fourth-order valence-corrected chi connectivity index (χ4v) is 4.69. The third-order valence-corrected chi connectivity index (χ3v) is 6.87. The normalized spacial score (nSPS) is 11.6. The van der Waals surface area contributed by atoms with Crippen molar-refractivity contribution in [3.05, 3.63) is 82.6 Å². The van der Waals surface area contributed by atoms with E-state index in [4.69, 9.17) is 16.3 Å². The number of hydrogen-bond acceptors (Lipinski definition) is 5. The van der Waals surface area contributed by atoms with Crippen LogP contribution in [0.2, 0.25) is 5.02 Å². The van der Waals surface area contributed by atoms with Crippen LogP contribution in [0.15, 0.2) is 65.7 Å². The Labute approximate surface area is 204 Å². The van der Waals surface area contributed by atoms with Gasteiger partial charge in [0.15, 0.2) is 0 Å². The molecule has 1 atom stereocenters. The fraction of sp³-hybridized carbons (Fsp3) is 0.280. The number of carbonyl (C=O) groups excluding carboxylic acids is 1. The van der Waals surface area contributed by atoms with Crippen molar-refractivity contribution in [2.75, 3.05) is 14.2 Å². The van der Waals surface area contributed by atoms with Crippen molar-refractivity contribution in [2.24, 2.45) is 0 Å². The average molecular weight is 483 g/mol. The monoisotopic (exact) mass is 482 g/mol. The van der Waals surface area contributed by atoms with E-state index in [-0.39, 0.29) is 5.91 Å². The van der Waals surface area contributed by atoms with Crippen LogP contribution >= 0.6 is 23.5 Å². The van der Waals surface area contributed by atoms with Crippen molar-refractivity contribution in [3.63, 3.8) is 0 Å². The van der Waals surface area contributed by atoms with Gasteiger partial charge in [-0.1, -0.05) is 35.9 Å². The lowest BCUT2D eigenvalue weighted by Gasteiger charge is -2.25. The number of rotatable bonds is 10. The van der Waals surface area contributed by atoms with Crippen molar-refractivity contribution in [1.29, 1.82) is 5.26 Å². The zero-order valence-corrected chi connectivity index (χ0v) is 20.5. The molecule has 1 amide bonds. The SMILES string of the molecule is COc1cccc(CN(C)C(=O)C(CCn2cccc2C#N)NSc2c(C)cccc2Cl)c1. The van der Waals surface area contributed by atoms with Gasteiger partial charge in [0.1, 0.15) is 17.5 Å². The molecule has 33 heavy (non-hydrogen) atoms. The molecule has 0 spiro atoms. The molecule has 2 aromatic carbocycles. The number of nitrogens with one attached hydrogen (secondary N) is 1. The number of halogens is 1. The summed E-state index contributed by atoms with van der Waals surface area (Å²) in [5.41, 5.74) is 2.59. The first-order chi connectivity index (χ1) is 15.9. The minimum atomic E-state index is -0.477. The molecule has 1 N–H and O–H groups in total. The Morgan fingerprint density at radius 1 is 1.27 bits per heavy atom. The molecule has 0 bridgehead atoms. The van der Waals surface area contributed by atoms with Gasteiger partial charge in [-0.25, -0.2) is 4.72 Å². The minimum Gasteiger partial charge on any atom is -0.497 e. The molecule has 0 saturated carbocycles. The van der Waals surface area contributed by atoms with Gasteiger partial charge in [-0.3, -0.25) is 4.79 Å². The number of amides is 1. The van der Waals surface area contributed by atoms with E-state index < -0.39 is 6.04 Å². The number of ether oxygens (including phenoxy) is 1. The van der Waals surface area contributed by atoms with Gasteiger partial charge in [-0.05, 0) is 66.8 Å². The van der Waals surface area contributed by atoms with Crippen LogP contribution in [-0.2, 0) is 17.9 Å². The van der Waals surface area contributed by atoms with Gasteiger partial charge in [-0.2, -0.15) is 5.26 Å². The summed E-state index contributed by atoms with van der Waals surface area (Å²) in [5.74, 6) is 0.713. The van der Waals surface area contributed by atoms with Crippen LogP contribution in [0, 0.1) is 18.3 Å². The average Bonchev–Trinajstić information content (AvgIpc) is 3.28. The summed E-state index contributed by atoms with van der Waals surface area (Å²) in [5, 5.41) is 9.94. The van der Waals surface area contributed by atoms with Crippen molar-refractivity contribution in [1.82, 2.24) is 14.2 Å². The Hall–Kier alpha value is -2.92. The number of likely N-dealkylation sites (N-methyl/N-ethyl adjacent to an activating group) is 1. The lowest BCUT2D eigenvalue weighted by molar-refractivity contribution is -0.132. The van der Waals surface area contributed by atoms with Crippen molar-refractivity contribution in [3.8, 4) is 11.8 Å². The Bertz CT molecular complexity index is 1120. The first-order valence-corrected chi connectivity index (χ1v) is 11.7. The van der Waals surface area contributed by atoms with E-state index in [2.05, 4.69) is 10.8 Å². The molecule has 3 rings (SSSR count). The van der Waals surface area contributed by atoms with Gasteiger partial charge < -0.3 is 14.2 Å². The number of nitriles is 1. The lowest BCUT2D eigenvalue weighted by Crippen LogP contribution is -2.43. The van der Waals surface area contributed by atoms with Gasteiger partial charge in [-0.15, -0.1) is 0 Å². The van der Waals surface area contributed by atoms with Gasteiger partial charge in [0.25, 0.3) is 0 Å². The predicted octanol–water partition coefficient (Wildman–Crippen LogP) is 5.04. The van der Waals surface area contributed by atoms with Crippen LogP contribution in [0.4, 0.5) is 0 Å². The molecule has 6 nitrogen and oxygen atoms in total. The second-order valence-electron chi connectivity index (χ2n) is 7.69. The summed E-state index contributed by atoms with van der Waals surface area (Å²) in [6.07, 6.45) is 2.37. The molecule has 0 radical (unpaired) electrons. The molecular formula is C25H27ClN4O2S. The summed E-state index contributed by atoms with van der Waals surface area (Å²) in [7, 11) is 3.41. The van der Waals surface area contributed by atoms with E-state index in [1.807, 2.05) is 66.2 Å². The summed E-state index contributed by atoms with van der Waals surface area (Å²) in [6.45, 7) is 2.98. The van der Waals surface area contributed by atoms with Gasteiger partial charge in [0, 0.05) is 31.2 Å². The number of carbonyl (C=O) groups is 1. The van der Waals surface area contributed by atoms with Crippen molar-refractivity contribution in [2.45, 2.75) is 37.4 Å². The van der Waals surface area contributed by atoms with E-state index in [0.717, 1.165) is 21.8 Å². The molecule has 1 unspecified atom stereocenters. The highest BCUT2D eigenvalue weighted by Gasteiger charge is 2.23. The molecule has 0 saturated heterocycles. The maximum atomic E-state index is 13.4. The number of hydrogen-bond donors (Lipinski definition) is 1. The van der Waals surface area contributed by atoms with Crippen molar-refractivity contribution >= 4 is 29.5 Å². The molecular weight excluding hydrogens is 456 g/mol. The predicted molar refractivity (Wildman–Crippen MR) is 132 cm³/mol. The van der Waals surface area contributed by atoms with Crippen LogP contribution in [0.5, 0.6) is 5.75 Å². The first-order valence-electron chi connectivity index (χ1n) is 10.5. The molecule has 0 aliphatic carbocycles. The van der Waals surface area contributed by atoms with E-state index >= 15 is 0 Å². The molecule has 8 heteroatoms. The highest BCUT2D eigenvalue weighted by molar-refractivity contribution is 7.97. The van der Waals surface area contributed by atoms with Gasteiger partial charge in [0.05, 0.1) is 18.2 Å². The minimum absolute atomic E-state index is 0.0410. The Kier molecular flexibility index (Phi) is 8.84. The Morgan fingerprint density at radius 3 is 2.79 bits per heavy atom. The zero-order chi connectivity index (χ0) is 23.8. The van der Waals surface area contributed by atoms with Crippen LogP contribution in [0.3, 0.4) is 0 Å². The number of aromatic nitrogens is 1. The molecule has 1 aromatic heterocycles. The first kappa shape index (κ1) is 24.7. The van der Waals surface area contributed by atoms with Crippen molar-refractivity contribution < 1.29 is 9.53 Å². The van der Waals surface area contributed by atoms with Gasteiger partial charge >= 0.3 is 0 Å². The molecule has 3 aromatic rings. The number of nitrogens with zero attached hydrogens (tertiary/aromatic N) is 3. The smallest absolute Gasteiger partial charge is 0.240 e. The number of benzene rings is 2. The summed E-state index contributed by atoms with van der Waals surface area (Å²) in [4.78, 5) is 16.0. The van der Waals surface area contributed by atoms with Crippen LogP contribution in [-0.4, -0.2) is 35.6 Å². The van der Waals surface area contributed by atoms with Crippen LogP contribution < -0.4 is 9.46 Å². The second kappa shape index (κ2) is 11.8. The molecule has 0 aliphatic heterocycles. The van der Waals surface area contributed by atoms with E-state index in [9.17, 15) is 10.1 Å². The third-order valence-electron chi connectivity index (χ3n) is 5.30. The molecule has 1 heterocycles. The second-order valence-corrected chi connectivity index (χ2v) is 8.95. The standard InChI is InChI=1S/C25H27ClN4O2S/c1-18-7-4-11-22(26)24(18)33-28-23(12-14-30-13-6-9-20(30)16-27)25(31)29(2)17-19-8-5-10-21(15-19)32-3/h4-11,13,15,23,28H,12,14,17H2,1-3H3. The highest BCUT2D eigenvalue weighted by Crippen LogP contribution is 2.29. The van der Waals surface area contributed by atoms with E-state index in [0.29, 0.717) is 30.2 Å². The van der Waals surface area contributed by atoms with E-state index in [1.54, 1.807) is 25.1 Å². The molecule has 172 valence electrons. The number of methoxy groups -OCH3 is 1. The molecule has 0 aliphatic rings. The fourth-order valence-electron chi connectivity index (χ4n) is 3.48. The summed E-state index contributed by atoms with van der Waals surface area (Å²) in [6, 6.07) is 18.7. The largest absolute Gasteiger partial charge is 0.497 e. The van der Waals surface area contributed by atoms with Gasteiger partial charge in [0.2, 0.25) is 5.91 Å². The maximum absolute atomic E-state index is 13.4. The number of aryl methyl sites for hydroxylation is 2. The van der Waals surface area contributed by atoms with E-state index in [1.165, 1.54) is 11.9 Å². The van der Waals surface area contributed by atoms with Crippen LogP contribution in [0.25, 0.3) is 0 Å². The highest BCUT2D eigenvalue weighted by atomic mass is 35.5. The topological polar surface area (TPSA) is 70.3 Å². The Balaban J connectivity index is 1.75. The maximum Gasteiger partial charge on any atom is 0.240 e. The molecule has 0 fully saturated rings. The Morgan fingerprint density at radius 2 is 2.06 bits per heavy atom. The quantitative estimate of drug-likeness (QED) is 0.410. The third kappa shape index (κ3) is 6.55. The summed E-state index contributed by atoms with van der Waals surface area (Å²) >= 11 is 7.74. The lowest BCUT2D eigenvalue weighted by atomic mass is 10.1. The van der Waals surface area contributed by atoms with Crippen LogP contribution in [0.1, 0.15) is 23.2 Å².